The van der Waals surface area contributed by atoms with E-state index in [-0.39, 0.29) is 11.8 Å². The summed E-state index contributed by atoms with van der Waals surface area (Å²) in [5, 5.41) is 2.93. The zero-order valence-corrected chi connectivity index (χ0v) is 9.34. The number of nitrogens with one attached hydrogen (secondary N) is 1. The molecule has 2 heteroatoms. The molecule has 80 valence electrons. The van der Waals surface area contributed by atoms with Gasteiger partial charge in [-0.1, -0.05) is 18.2 Å². The summed E-state index contributed by atoms with van der Waals surface area (Å²) in [6.07, 6.45) is 2.07. The third-order valence-corrected chi connectivity index (χ3v) is 3.22. The Kier molecular flexibility index (Phi) is 2.76. The lowest BCUT2D eigenvalue weighted by Crippen LogP contribution is -2.35. The number of piperidine rings is 1. The summed E-state index contributed by atoms with van der Waals surface area (Å²) in [7, 11) is 0. The predicted molar refractivity (Wildman–Crippen MR) is 60.9 cm³/mol. The van der Waals surface area contributed by atoms with Crippen LogP contribution in [-0.4, -0.2) is 12.5 Å². The SMILES string of the molecule is Cc1ccc(C2CCCNC2=O)cc1C. The Morgan fingerprint density at radius 2 is 2.07 bits per heavy atom. The Balaban J connectivity index is 2.28. The molecule has 1 aromatic rings. The highest BCUT2D eigenvalue weighted by Gasteiger charge is 2.23. The number of carbonyl (C=O) groups excluding carboxylic acids is 1. The molecule has 1 aliphatic heterocycles. The fourth-order valence-electron chi connectivity index (χ4n) is 2.07. The molecule has 2 rings (SSSR count). The standard InChI is InChI=1S/C13H17NO/c1-9-5-6-11(8-10(9)2)12-4-3-7-14-13(12)15/h5-6,8,12H,3-4,7H2,1-2H3,(H,14,15). The van der Waals surface area contributed by atoms with Crippen molar-refractivity contribution in [1.29, 1.82) is 0 Å². The molecule has 1 amide bonds. The first kappa shape index (κ1) is 10.2. The number of aryl methyl sites for hydroxylation is 2. The topological polar surface area (TPSA) is 29.1 Å². The average molecular weight is 203 g/mol. The predicted octanol–water partition coefficient (Wildman–Crippen LogP) is 2.30. The van der Waals surface area contributed by atoms with Gasteiger partial charge in [-0.2, -0.15) is 0 Å². The van der Waals surface area contributed by atoms with Crippen LogP contribution in [0.3, 0.4) is 0 Å². The van der Waals surface area contributed by atoms with Gasteiger partial charge in [-0.15, -0.1) is 0 Å². The van der Waals surface area contributed by atoms with E-state index in [0.29, 0.717) is 0 Å². The highest BCUT2D eigenvalue weighted by atomic mass is 16.1. The summed E-state index contributed by atoms with van der Waals surface area (Å²) in [6, 6.07) is 6.33. The highest BCUT2D eigenvalue weighted by Crippen LogP contribution is 2.25. The first-order valence-electron chi connectivity index (χ1n) is 5.53. The molecule has 2 nitrogen and oxygen atoms in total. The second-order valence-corrected chi connectivity index (χ2v) is 4.33. The molecule has 1 saturated heterocycles. The summed E-state index contributed by atoms with van der Waals surface area (Å²) < 4.78 is 0. The number of amides is 1. The van der Waals surface area contributed by atoms with Gasteiger partial charge in [0.15, 0.2) is 0 Å². The van der Waals surface area contributed by atoms with E-state index in [1.807, 2.05) is 0 Å². The summed E-state index contributed by atoms with van der Waals surface area (Å²) in [5.74, 6) is 0.252. The second kappa shape index (κ2) is 4.05. The fraction of sp³-hybridized carbons (Fsp3) is 0.462. The number of benzene rings is 1. The van der Waals surface area contributed by atoms with Gasteiger partial charge in [0.2, 0.25) is 5.91 Å². The van der Waals surface area contributed by atoms with E-state index in [9.17, 15) is 4.79 Å². The van der Waals surface area contributed by atoms with Crippen LogP contribution in [0.15, 0.2) is 18.2 Å². The minimum Gasteiger partial charge on any atom is -0.356 e. The minimum absolute atomic E-state index is 0.0676. The summed E-state index contributed by atoms with van der Waals surface area (Å²) >= 11 is 0. The van der Waals surface area contributed by atoms with Crippen LogP contribution in [0.2, 0.25) is 0 Å². The molecule has 0 radical (unpaired) electrons. The van der Waals surface area contributed by atoms with E-state index in [1.54, 1.807) is 0 Å². The van der Waals surface area contributed by atoms with Gasteiger partial charge in [0, 0.05) is 6.54 Å². The second-order valence-electron chi connectivity index (χ2n) is 4.33. The number of rotatable bonds is 1. The fourth-order valence-corrected chi connectivity index (χ4v) is 2.07. The van der Waals surface area contributed by atoms with Crippen LogP contribution >= 0.6 is 0 Å². The number of carbonyl (C=O) groups is 1. The Morgan fingerprint density at radius 3 is 2.73 bits per heavy atom. The Bertz CT molecular complexity index is 384. The van der Waals surface area contributed by atoms with Crippen molar-refractivity contribution >= 4 is 5.91 Å². The molecule has 1 unspecified atom stereocenters. The molecule has 0 spiro atoms. The number of hydrogen-bond acceptors (Lipinski definition) is 1. The van der Waals surface area contributed by atoms with E-state index in [2.05, 4.69) is 37.4 Å². The van der Waals surface area contributed by atoms with E-state index in [1.165, 1.54) is 11.1 Å². The molecule has 1 atom stereocenters. The Morgan fingerprint density at radius 1 is 1.27 bits per heavy atom. The van der Waals surface area contributed by atoms with Crippen molar-refractivity contribution in [1.82, 2.24) is 5.32 Å². The number of hydrogen-bond donors (Lipinski definition) is 1. The molecule has 0 aliphatic carbocycles. The van der Waals surface area contributed by atoms with Gasteiger partial charge in [0.25, 0.3) is 0 Å². The maximum Gasteiger partial charge on any atom is 0.227 e. The molecule has 15 heavy (non-hydrogen) atoms. The van der Waals surface area contributed by atoms with Crippen LogP contribution in [0.25, 0.3) is 0 Å². The quantitative estimate of drug-likeness (QED) is 0.745. The average Bonchev–Trinajstić information content (AvgIpc) is 2.23. The van der Waals surface area contributed by atoms with Crippen molar-refractivity contribution in [2.45, 2.75) is 32.6 Å². The molecule has 0 bridgehead atoms. The van der Waals surface area contributed by atoms with Crippen molar-refractivity contribution in [3.05, 3.63) is 34.9 Å². The first-order valence-corrected chi connectivity index (χ1v) is 5.53. The molecule has 1 heterocycles. The van der Waals surface area contributed by atoms with Crippen molar-refractivity contribution in [3.8, 4) is 0 Å². The van der Waals surface area contributed by atoms with Gasteiger partial charge in [-0.05, 0) is 43.4 Å². The molecular weight excluding hydrogens is 186 g/mol. The van der Waals surface area contributed by atoms with E-state index < -0.39 is 0 Å². The molecule has 1 N–H and O–H groups in total. The van der Waals surface area contributed by atoms with Gasteiger partial charge in [0.05, 0.1) is 5.92 Å². The van der Waals surface area contributed by atoms with E-state index >= 15 is 0 Å². The van der Waals surface area contributed by atoms with Gasteiger partial charge >= 0.3 is 0 Å². The van der Waals surface area contributed by atoms with Crippen molar-refractivity contribution < 1.29 is 4.79 Å². The van der Waals surface area contributed by atoms with Crippen molar-refractivity contribution in [2.75, 3.05) is 6.54 Å². The zero-order valence-electron chi connectivity index (χ0n) is 9.34. The summed E-state index contributed by atoms with van der Waals surface area (Å²) in [4.78, 5) is 11.7. The molecule has 0 saturated carbocycles. The molecular formula is C13H17NO. The van der Waals surface area contributed by atoms with E-state index in [4.69, 9.17) is 0 Å². The first-order chi connectivity index (χ1) is 7.18. The maximum atomic E-state index is 11.7. The third-order valence-electron chi connectivity index (χ3n) is 3.22. The van der Waals surface area contributed by atoms with Crippen LogP contribution in [0, 0.1) is 13.8 Å². The normalized spacial score (nSPS) is 21.2. The van der Waals surface area contributed by atoms with E-state index in [0.717, 1.165) is 24.9 Å². The van der Waals surface area contributed by atoms with Crippen LogP contribution in [0.1, 0.15) is 35.4 Å². The van der Waals surface area contributed by atoms with Crippen LogP contribution in [-0.2, 0) is 4.79 Å². The van der Waals surface area contributed by atoms with Crippen molar-refractivity contribution in [2.24, 2.45) is 0 Å². The Labute approximate surface area is 90.7 Å². The Hall–Kier alpha value is -1.31. The summed E-state index contributed by atoms with van der Waals surface area (Å²) in [5.41, 5.74) is 3.72. The summed E-state index contributed by atoms with van der Waals surface area (Å²) in [6.45, 7) is 5.03. The zero-order chi connectivity index (χ0) is 10.8. The van der Waals surface area contributed by atoms with Gasteiger partial charge in [0.1, 0.15) is 0 Å². The van der Waals surface area contributed by atoms with Gasteiger partial charge < -0.3 is 5.32 Å². The lowest BCUT2D eigenvalue weighted by atomic mass is 9.89. The van der Waals surface area contributed by atoms with Gasteiger partial charge in [-0.25, -0.2) is 0 Å². The third kappa shape index (κ3) is 2.04. The molecule has 1 aromatic carbocycles. The van der Waals surface area contributed by atoms with Crippen LogP contribution in [0.4, 0.5) is 0 Å². The largest absolute Gasteiger partial charge is 0.356 e. The maximum absolute atomic E-state index is 11.7. The highest BCUT2D eigenvalue weighted by molar-refractivity contribution is 5.84. The van der Waals surface area contributed by atoms with Crippen molar-refractivity contribution in [3.63, 3.8) is 0 Å². The molecule has 1 aliphatic rings. The smallest absolute Gasteiger partial charge is 0.227 e. The monoisotopic (exact) mass is 203 g/mol. The lowest BCUT2D eigenvalue weighted by Gasteiger charge is -2.22. The van der Waals surface area contributed by atoms with Crippen LogP contribution in [0.5, 0.6) is 0 Å². The minimum atomic E-state index is 0.0676. The van der Waals surface area contributed by atoms with Gasteiger partial charge in [-0.3, -0.25) is 4.79 Å². The molecule has 1 fully saturated rings. The van der Waals surface area contributed by atoms with Crippen LogP contribution < -0.4 is 5.32 Å². The lowest BCUT2D eigenvalue weighted by molar-refractivity contribution is -0.123. The molecule has 0 aromatic heterocycles.